The van der Waals surface area contributed by atoms with E-state index in [1.54, 1.807) is 13.1 Å². The highest BCUT2D eigenvalue weighted by atomic mass is 32.2. The summed E-state index contributed by atoms with van der Waals surface area (Å²) in [7, 11) is 2.92. The molecule has 1 atom stereocenters. The van der Waals surface area contributed by atoms with Gasteiger partial charge in [-0.05, 0) is 11.6 Å². The van der Waals surface area contributed by atoms with E-state index in [9.17, 15) is 19.7 Å². The highest BCUT2D eigenvalue weighted by Gasteiger charge is 2.18. The maximum atomic E-state index is 12.0. The molecule has 0 bridgehead atoms. The van der Waals surface area contributed by atoms with E-state index < -0.39 is 16.8 Å². The summed E-state index contributed by atoms with van der Waals surface area (Å²) in [5.74, 6) is -0.981. The molecule has 0 aromatic heterocycles. The molecule has 0 aliphatic heterocycles. The Bertz CT molecular complexity index is 622. The predicted molar refractivity (Wildman–Crippen MR) is 90.2 cm³/mol. The summed E-state index contributed by atoms with van der Waals surface area (Å²) < 4.78 is 4.93. The number of thioether (sulfide) groups is 1. The SMILES string of the molecule is COc1ccc(CSCC(=O)N(C)CC(C)C(=O)O)cc1[N+](=O)[O-]. The van der Waals surface area contributed by atoms with Crippen LogP contribution in [0.2, 0.25) is 0 Å². The molecule has 1 amide bonds. The van der Waals surface area contributed by atoms with E-state index in [2.05, 4.69) is 0 Å². The first-order chi connectivity index (χ1) is 11.3. The summed E-state index contributed by atoms with van der Waals surface area (Å²) in [6, 6.07) is 4.66. The van der Waals surface area contributed by atoms with Gasteiger partial charge >= 0.3 is 11.7 Å². The number of amides is 1. The van der Waals surface area contributed by atoms with Gasteiger partial charge in [0, 0.05) is 25.4 Å². The van der Waals surface area contributed by atoms with Crippen molar-refractivity contribution < 1.29 is 24.4 Å². The lowest BCUT2D eigenvalue weighted by Crippen LogP contribution is -2.34. The smallest absolute Gasteiger partial charge is 0.311 e. The Morgan fingerprint density at radius 3 is 2.67 bits per heavy atom. The van der Waals surface area contributed by atoms with Gasteiger partial charge in [0.2, 0.25) is 5.91 Å². The summed E-state index contributed by atoms with van der Waals surface area (Å²) in [5.41, 5.74) is 0.594. The summed E-state index contributed by atoms with van der Waals surface area (Å²) in [6.07, 6.45) is 0. The largest absolute Gasteiger partial charge is 0.490 e. The maximum Gasteiger partial charge on any atom is 0.311 e. The van der Waals surface area contributed by atoms with Crippen molar-refractivity contribution in [2.24, 2.45) is 5.92 Å². The van der Waals surface area contributed by atoms with Crippen LogP contribution in [0.1, 0.15) is 12.5 Å². The van der Waals surface area contributed by atoms with E-state index in [4.69, 9.17) is 9.84 Å². The Hall–Kier alpha value is -2.29. The third kappa shape index (κ3) is 5.73. The molecule has 132 valence electrons. The molecule has 9 heteroatoms. The van der Waals surface area contributed by atoms with Crippen molar-refractivity contribution in [2.75, 3.05) is 26.5 Å². The number of rotatable bonds is 9. The molecule has 0 fully saturated rings. The van der Waals surface area contributed by atoms with Gasteiger partial charge in [-0.3, -0.25) is 19.7 Å². The molecule has 0 radical (unpaired) electrons. The van der Waals surface area contributed by atoms with Gasteiger partial charge in [-0.2, -0.15) is 0 Å². The van der Waals surface area contributed by atoms with Gasteiger partial charge in [-0.15, -0.1) is 11.8 Å². The molecule has 1 aromatic rings. The molecule has 1 unspecified atom stereocenters. The Labute approximate surface area is 143 Å². The van der Waals surface area contributed by atoms with Gasteiger partial charge in [0.25, 0.3) is 0 Å². The molecule has 1 aromatic carbocycles. The highest BCUT2D eigenvalue weighted by molar-refractivity contribution is 7.99. The number of carboxylic acid groups (broad SMARTS) is 1. The molecular weight excluding hydrogens is 336 g/mol. The minimum absolute atomic E-state index is 0.116. The van der Waals surface area contributed by atoms with Gasteiger partial charge < -0.3 is 14.7 Å². The lowest BCUT2D eigenvalue weighted by atomic mass is 10.2. The number of hydrogen-bond donors (Lipinski definition) is 1. The number of hydrogen-bond acceptors (Lipinski definition) is 6. The number of nitro groups is 1. The van der Waals surface area contributed by atoms with E-state index in [0.29, 0.717) is 11.3 Å². The number of carboxylic acids is 1. The minimum Gasteiger partial charge on any atom is -0.490 e. The van der Waals surface area contributed by atoms with Crippen LogP contribution in [0.3, 0.4) is 0 Å². The van der Waals surface area contributed by atoms with Crippen molar-refractivity contribution in [3.8, 4) is 5.75 Å². The molecule has 24 heavy (non-hydrogen) atoms. The third-order valence-corrected chi connectivity index (χ3v) is 4.32. The number of nitrogens with zero attached hydrogens (tertiary/aromatic N) is 2. The average molecular weight is 356 g/mol. The van der Waals surface area contributed by atoms with E-state index in [0.717, 1.165) is 0 Å². The Morgan fingerprint density at radius 2 is 2.12 bits per heavy atom. The van der Waals surface area contributed by atoms with Crippen molar-refractivity contribution in [3.05, 3.63) is 33.9 Å². The van der Waals surface area contributed by atoms with Gasteiger partial charge in [-0.25, -0.2) is 0 Å². The number of carbonyl (C=O) groups is 2. The fraction of sp³-hybridized carbons (Fsp3) is 0.467. The van der Waals surface area contributed by atoms with E-state index in [1.165, 1.54) is 42.8 Å². The standard InChI is InChI=1S/C15H20N2O6S/c1-10(15(19)20)7-16(2)14(18)9-24-8-11-4-5-13(23-3)12(6-11)17(21)22/h4-6,10H,7-9H2,1-3H3,(H,19,20). The molecule has 0 aliphatic rings. The number of nitro benzene ring substituents is 1. The van der Waals surface area contributed by atoms with Crippen LogP contribution in [-0.2, 0) is 15.3 Å². The number of ether oxygens (including phenoxy) is 1. The van der Waals surface area contributed by atoms with Crippen LogP contribution in [0, 0.1) is 16.0 Å². The van der Waals surface area contributed by atoms with Crippen LogP contribution in [0.4, 0.5) is 5.69 Å². The first-order valence-corrected chi connectivity index (χ1v) is 8.27. The van der Waals surface area contributed by atoms with Crippen molar-refractivity contribution in [3.63, 3.8) is 0 Å². The van der Waals surface area contributed by atoms with Crippen molar-refractivity contribution in [2.45, 2.75) is 12.7 Å². The molecule has 0 saturated heterocycles. The quantitative estimate of drug-likeness (QED) is 0.532. The highest BCUT2D eigenvalue weighted by Crippen LogP contribution is 2.29. The zero-order valence-electron chi connectivity index (χ0n) is 13.7. The molecule has 1 N–H and O–H groups in total. The lowest BCUT2D eigenvalue weighted by molar-refractivity contribution is -0.385. The Morgan fingerprint density at radius 1 is 1.46 bits per heavy atom. The zero-order chi connectivity index (χ0) is 18.3. The molecule has 0 aliphatic carbocycles. The maximum absolute atomic E-state index is 12.0. The van der Waals surface area contributed by atoms with Gasteiger partial charge in [0.05, 0.1) is 23.7 Å². The second kappa shape index (κ2) is 9.11. The first-order valence-electron chi connectivity index (χ1n) is 7.12. The second-order valence-corrected chi connectivity index (χ2v) is 6.26. The molecular formula is C15H20N2O6S. The van der Waals surface area contributed by atoms with E-state index >= 15 is 0 Å². The monoisotopic (exact) mass is 356 g/mol. The minimum atomic E-state index is -0.951. The van der Waals surface area contributed by atoms with Gasteiger partial charge in [0.15, 0.2) is 5.75 Å². The van der Waals surface area contributed by atoms with Crippen LogP contribution in [-0.4, -0.2) is 53.3 Å². The number of carbonyl (C=O) groups excluding carboxylic acids is 1. The summed E-state index contributed by atoms with van der Waals surface area (Å²) in [4.78, 5) is 34.6. The van der Waals surface area contributed by atoms with Crippen LogP contribution in [0.5, 0.6) is 5.75 Å². The van der Waals surface area contributed by atoms with Crippen molar-refractivity contribution in [1.82, 2.24) is 4.90 Å². The summed E-state index contributed by atoms with van der Waals surface area (Å²) in [6.45, 7) is 1.68. The third-order valence-electron chi connectivity index (χ3n) is 3.33. The molecule has 0 saturated carbocycles. The number of aliphatic carboxylic acids is 1. The average Bonchev–Trinajstić information content (AvgIpc) is 2.54. The van der Waals surface area contributed by atoms with Crippen molar-refractivity contribution >= 4 is 29.3 Å². The zero-order valence-corrected chi connectivity index (χ0v) is 14.5. The Kier molecular flexibility index (Phi) is 7.50. The van der Waals surface area contributed by atoms with Crippen molar-refractivity contribution in [1.29, 1.82) is 0 Å². The normalized spacial score (nSPS) is 11.6. The lowest BCUT2D eigenvalue weighted by Gasteiger charge is -2.19. The van der Waals surface area contributed by atoms with E-state index in [-0.39, 0.29) is 29.6 Å². The van der Waals surface area contributed by atoms with Crippen LogP contribution in [0.15, 0.2) is 18.2 Å². The molecule has 1 rings (SSSR count). The van der Waals surface area contributed by atoms with Crippen LogP contribution in [0.25, 0.3) is 0 Å². The summed E-state index contributed by atoms with van der Waals surface area (Å²) >= 11 is 1.31. The number of benzene rings is 1. The van der Waals surface area contributed by atoms with Crippen LogP contribution < -0.4 is 4.74 Å². The summed E-state index contributed by atoms with van der Waals surface area (Å²) in [5, 5.41) is 19.8. The fourth-order valence-corrected chi connectivity index (χ4v) is 2.84. The predicted octanol–water partition coefficient (Wildman–Crippen LogP) is 2.02. The van der Waals surface area contributed by atoms with Gasteiger partial charge in [-0.1, -0.05) is 13.0 Å². The fourth-order valence-electron chi connectivity index (χ4n) is 1.93. The molecule has 0 heterocycles. The molecule has 8 nitrogen and oxygen atoms in total. The van der Waals surface area contributed by atoms with Crippen LogP contribution >= 0.6 is 11.8 Å². The topological polar surface area (TPSA) is 110 Å². The molecule has 0 spiro atoms. The van der Waals surface area contributed by atoms with Gasteiger partial charge in [0.1, 0.15) is 0 Å². The second-order valence-electron chi connectivity index (χ2n) is 5.27. The Balaban J connectivity index is 2.55. The van der Waals surface area contributed by atoms with E-state index in [1.807, 2.05) is 0 Å². The number of methoxy groups -OCH3 is 1. The first kappa shape index (κ1) is 19.8.